The van der Waals surface area contributed by atoms with Crippen LogP contribution in [-0.2, 0) is 6.42 Å². The fourth-order valence-electron chi connectivity index (χ4n) is 1.39. The number of hydrogen-bond donors (Lipinski definition) is 1. The van der Waals surface area contributed by atoms with Crippen LogP contribution in [0.3, 0.4) is 0 Å². The SMILES string of the molecule is Cc1nccc(-c2oncc2CCN)n1. The van der Waals surface area contributed by atoms with Gasteiger partial charge < -0.3 is 10.3 Å². The first-order valence-electron chi connectivity index (χ1n) is 4.75. The van der Waals surface area contributed by atoms with Gasteiger partial charge in [0, 0.05) is 11.8 Å². The topological polar surface area (TPSA) is 77.8 Å². The van der Waals surface area contributed by atoms with E-state index in [1.54, 1.807) is 18.5 Å². The van der Waals surface area contributed by atoms with Crippen LogP contribution in [0.25, 0.3) is 11.5 Å². The van der Waals surface area contributed by atoms with E-state index < -0.39 is 0 Å². The lowest BCUT2D eigenvalue weighted by atomic mass is 10.1. The Morgan fingerprint density at radius 1 is 1.47 bits per heavy atom. The lowest BCUT2D eigenvalue weighted by Crippen LogP contribution is -2.03. The molecule has 2 heterocycles. The molecule has 5 nitrogen and oxygen atoms in total. The van der Waals surface area contributed by atoms with Crippen molar-refractivity contribution in [2.75, 3.05) is 6.54 Å². The van der Waals surface area contributed by atoms with Crippen LogP contribution in [0.5, 0.6) is 0 Å². The molecule has 0 aliphatic carbocycles. The van der Waals surface area contributed by atoms with E-state index in [0.29, 0.717) is 18.1 Å². The summed E-state index contributed by atoms with van der Waals surface area (Å²) in [6, 6.07) is 1.80. The van der Waals surface area contributed by atoms with E-state index in [9.17, 15) is 0 Å². The summed E-state index contributed by atoms with van der Waals surface area (Å²) in [5.74, 6) is 1.40. The van der Waals surface area contributed by atoms with Gasteiger partial charge in [-0.15, -0.1) is 0 Å². The quantitative estimate of drug-likeness (QED) is 0.805. The minimum absolute atomic E-state index is 0.568. The highest BCUT2D eigenvalue weighted by Crippen LogP contribution is 2.21. The van der Waals surface area contributed by atoms with Crippen molar-refractivity contribution in [2.45, 2.75) is 13.3 Å². The highest BCUT2D eigenvalue weighted by Gasteiger charge is 2.11. The summed E-state index contributed by atoms with van der Waals surface area (Å²) in [5.41, 5.74) is 7.23. The largest absolute Gasteiger partial charge is 0.354 e. The van der Waals surface area contributed by atoms with E-state index in [0.717, 1.165) is 17.7 Å². The fourth-order valence-corrected chi connectivity index (χ4v) is 1.39. The third kappa shape index (κ3) is 2.02. The van der Waals surface area contributed by atoms with Crippen LogP contribution in [0.2, 0.25) is 0 Å². The molecule has 15 heavy (non-hydrogen) atoms. The van der Waals surface area contributed by atoms with Gasteiger partial charge in [0.25, 0.3) is 0 Å². The van der Waals surface area contributed by atoms with Crippen molar-refractivity contribution >= 4 is 0 Å². The Morgan fingerprint density at radius 2 is 2.33 bits per heavy atom. The Labute approximate surface area is 87.3 Å². The monoisotopic (exact) mass is 204 g/mol. The molecule has 78 valence electrons. The average molecular weight is 204 g/mol. The van der Waals surface area contributed by atoms with E-state index in [1.165, 1.54) is 0 Å². The van der Waals surface area contributed by atoms with Crippen LogP contribution in [-0.4, -0.2) is 21.7 Å². The maximum atomic E-state index is 5.49. The second-order valence-corrected chi connectivity index (χ2v) is 3.21. The van der Waals surface area contributed by atoms with Crippen LogP contribution in [0, 0.1) is 6.92 Å². The Hall–Kier alpha value is -1.75. The molecule has 2 aromatic rings. The van der Waals surface area contributed by atoms with Gasteiger partial charge in [0.2, 0.25) is 0 Å². The Bertz CT molecular complexity index is 452. The first kappa shape index (κ1) is 9.79. The number of hydrogen-bond acceptors (Lipinski definition) is 5. The Kier molecular flexibility index (Phi) is 2.73. The fraction of sp³-hybridized carbons (Fsp3) is 0.300. The van der Waals surface area contributed by atoms with E-state index in [4.69, 9.17) is 10.3 Å². The number of nitrogens with zero attached hydrogens (tertiary/aromatic N) is 3. The van der Waals surface area contributed by atoms with Gasteiger partial charge >= 0.3 is 0 Å². The van der Waals surface area contributed by atoms with Crippen LogP contribution in [0.1, 0.15) is 11.4 Å². The van der Waals surface area contributed by atoms with Gasteiger partial charge in [0.05, 0.1) is 6.20 Å². The van der Waals surface area contributed by atoms with E-state index >= 15 is 0 Å². The molecule has 0 aromatic carbocycles. The lowest BCUT2D eigenvalue weighted by Gasteiger charge is -1.99. The first-order chi connectivity index (χ1) is 7.31. The van der Waals surface area contributed by atoms with Crippen molar-refractivity contribution in [1.29, 1.82) is 0 Å². The summed E-state index contributed by atoms with van der Waals surface area (Å²) in [5, 5.41) is 3.76. The Balaban J connectivity index is 2.40. The summed E-state index contributed by atoms with van der Waals surface area (Å²) in [7, 11) is 0. The second-order valence-electron chi connectivity index (χ2n) is 3.21. The van der Waals surface area contributed by atoms with Gasteiger partial charge in [-0.1, -0.05) is 5.16 Å². The number of aromatic nitrogens is 3. The molecule has 0 saturated carbocycles. The average Bonchev–Trinajstić information content (AvgIpc) is 2.66. The predicted octanol–water partition coefficient (Wildman–Crippen LogP) is 0.941. The molecule has 0 saturated heterocycles. The van der Waals surface area contributed by atoms with Crippen molar-refractivity contribution in [2.24, 2.45) is 5.73 Å². The summed E-state index contributed by atoms with van der Waals surface area (Å²) >= 11 is 0. The van der Waals surface area contributed by atoms with E-state index in [-0.39, 0.29) is 0 Å². The molecule has 5 heteroatoms. The molecule has 0 fully saturated rings. The van der Waals surface area contributed by atoms with Crippen molar-refractivity contribution in [3.63, 3.8) is 0 Å². The van der Waals surface area contributed by atoms with Crippen LogP contribution in [0.4, 0.5) is 0 Å². The third-order valence-electron chi connectivity index (χ3n) is 2.07. The van der Waals surface area contributed by atoms with Gasteiger partial charge in [-0.3, -0.25) is 0 Å². The van der Waals surface area contributed by atoms with Gasteiger partial charge in [0.1, 0.15) is 11.5 Å². The minimum Gasteiger partial charge on any atom is -0.354 e. The van der Waals surface area contributed by atoms with Gasteiger partial charge in [0.15, 0.2) is 5.76 Å². The zero-order chi connectivity index (χ0) is 10.7. The summed E-state index contributed by atoms with van der Waals surface area (Å²) in [4.78, 5) is 8.30. The maximum absolute atomic E-state index is 5.49. The molecule has 2 N–H and O–H groups in total. The molecule has 0 unspecified atom stereocenters. The molecule has 0 radical (unpaired) electrons. The molecule has 0 aliphatic heterocycles. The molecular formula is C10H12N4O. The summed E-state index contributed by atoms with van der Waals surface area (Å²) < 4.78 is 5.16. The smallest absolute Gasteiger partial charge is 0.188 e. The van der Waals surface area contributed by atoms with E-state index in [1.807, 2.05) is 6.92 Å². The van der Waals surface area contributed by atoms with Crippen molar-refractivity contribution in [3.05, 3.63) is 29.8 Å². The normalized spacial score (nSPS) is 10.5. The minimum atomic E-state index is 0.568. The number of nitrogens with two attached hydrogens (primary N) is 1. The van der Waals surface area contributed by atoms with Crippen LogP contribution in [0.15, 0.2) is 23.0 Å². The number of aryl methyl sites for hydroxylation is 1. The van der Waals surface area contributed by atoms with Crippen molar-refractivity contribution < 1.29 is 4.52 Å². The molecule has 0 bridgehead atoms. The maximum Gasteiger partial charge on any atom is 0.188 e. The summed E-state index contributed by atoms with van der Waals surface area (Å²) in [6.45, 7) is 2.40. The molecule has 2 aromatic heterocycles. The zero-order valence-corrected chi connectivity index (χ0v) is 8.47. The van der Waals surface area contributed by atoms with Crippen molar-refractivity contribution in [1.82, 2.24) is 15.1 Å². The molecular weight excluding hydrogens is 192 g/mol. The molecule has 0 amide bonds. The van der Waals surface area contributed by atoms with Crippen LogP contribution < -0.4 is 5.73 Å². The van der Waals surface area contributed by atoms with E-state index in [2.05, 4.69) is 15.1 Å². The first-order valence-corrected chi connectivity index (χ1v) is 4.75. The predicted molar refractivity (Wildman–Crippen MR) is 55.0 cm³/mol. The third-order valence-corrected chi connectivity index (χ3v) is 2.07. The highest BCUT2D eigenvalue weighted by atomic mass is 16.5. The van der Waals surface area contributed by atoms with Gasteiger partial charge in [-0.05, 0) is 26.0 Å². The molecule has 0 spiro atoms. The highest BCUT2D eigenvalue weighted by molar-refractivity contribution is 5.55. The van der Waals surface area contributed by atoms with Crippen molar-refractivity contribution in [3.8, 4) is 11.5 Å². The van der Waals surface area contributed by atoms with Gasteiger partial charge in [-0.2, -0.15) is 0 Å². The summed E-state index contributed by atoms with van der Waals surface area (Å²) in [6.07, 6.45) is 4.12. The van der Waals surface area contributed by atoms with Gasteiger partial charge in [-0.25, -0.2) is 9.97 Å². The Morgan fingerprint density at radius 3 is 3.07 bits per heavy atom. The molecule has 0 aliphatic rings. The zero-order valence-electron chi connectivity index (χ0n) is 8.47. The number of rotatable bonds is 3. The lowest BCUT2D eigenvalue weighted by molar-refractivity contribution is 0.430. The molecule has 0 atom stereocenters. The van der Waals surface area contributed by atoms with Crippen LogP contribution >= 0.6 is 0 Å². The molecule has 2 rings (SSSR count). The standard InChI is InChI=1S/C10H12N4O/c1-7-12-5-3-9(14-7)10-8(2-4-11)6-13-15-10/h3,5-6H,2,4,11H2,1H3. The second kappa shape index (κ2) is 4.18.